The van der Waals surface area contributed by atoms with Crippen LogP contribution in [0.1, 0.15) is 23.1 Å². The maximum atomic E-state index is 10.2. The largest absolute Gasteiger partial charge is 0.508 e. The molecule has 0 saturated heterocycles. The normalized spacial score (nSPS) is 16.6. The zero-order valence-corrected chi connectivity index (χ0v) is 13.7. The number of nitrogens with two attached hydrogens (primary N) is 1. The van der Waals surface area contributed by atoms with Crippen LogP contribution >= 0.6 is 0 Å². The zero-order valence-electron chi connectivity index (χ0n) is 13.7. The van der Waals surface area contributed by atoms with Crippen molar-refractivity contribution < 1.29 is 10.2 Å². The molecular formula is C20H19N3O2. The number of benzene rings is 2. The molecule has 5 heteroatoms. The number of aryl methyl sites for hydroxylation is 1. The van der Waals surface area contributed by atoms with E-state index in [-0.39, 0.29) is 5.75 Å². The summed E-state index contributed by atoms with van der Waals surface area (Å²) in [6, 6.07) is 10.6. The van der Waals surface area contributed by atoms with Crippen molar-refractivity contribution in [3.8, 4) is 17.0 Å². The Hall–Kier alpha value is -2.92. The van der Waals surface area contributed by atoms with E-state index in [2.05, 4.69) is 0 Å². The summed E-state index contributed by atoms with van der Waals surface area (Å²) >= 11 is 0. The molecule has 1 aromatic heterocycles. The van der Waals surface area contributed by atoms with Crippen molar-refractivity contribution in [3.63, 3.8) is 0 Å². The Morgan fingerprint density at radius 1 is 1.12 bits per heavy atom. The Labute approximate surface area is 145 Å². The fourth-order valence-electron chi connectivity index (χ4n) is 3.67. The molecule has 4 rings (SSSR count). The topological polar surface area (TPSA) is 103 Å². The van der Waals surface area contributed by atoms with E-state index in [9.17, 15) is 10.2 Å². The third-order valence-corrected chi connectivity index (χ3v) is 4.89. The van der Waals surface area contributed by atoms with E-state index in [0.717, 1.165) is 39.7 Å². The van der Waals surface area contributed by atoms with Gasteiger partial charge < -0.3 is 21.4 Å². The average Bonchev–Trinajstić information content (AvgIpc) is 2.61. The number of nitrogens with one attached hydrogen (secondary N) is 1. The monoisotopic (exact) mass is 333 g/mol. The molecule has 126 valence electrons. The van der Waals surface area contributed by atoms with Crippen molar-refractivity contribution >= 4 is 22.8 Å². The van der Waals surface area contributed by atoms with Gasteiger partial charge in [0.15, 0.2) is 0 Å². The van der Waals surface area contributed by atoms with Gasteiger partial charge >= 0.3 is 0 Å². The number of rotatable bonds is 2. The molecule has 0 radical (unpaired) electrons. The summed E-state index contributed by atoms with van der Waals surface area (Å²) in [7, 11) is 0. The van der Waals surface area contributed by atoms with E-state index in [1.165, 1.54) is 6.21 Å². The number of hydrogen-bond acceptors (Lipinski definition) is 5. The molecule has 1 unspecified atom stereocenters. The lowest BCUT2D eigenvalue weighted by molar-refractivity contribution is 0.159. The van der Waals surface area contributed by atoms with Gasteiger partial charge in [-0.3, -0.25) is 0 Å². The van der Waals surface area contributed by atoms with Gasteiger partial charge in [0.05, 0.1) is 17.3 Å². The number of fused-ring (bicyclic) bond motifs is 3. The molecule has 2 aromatic carbocycles. The van der Waals surface area contributed by atoms with Crippen LogP contribution in [0.25, 0.3) is 22.2 Å². The van der Waals surface area contributed by atoms with E-state index in [1.807, 2.05) is 18.2 Å². The van der Waals surface area contributed by atoms with Gasteiger partial charge in [0, 0.05) is 34.8 Å². The standard InChI is InChI=1S/C20H19N3O2/c21-10-16-17(22)7-8-18-19(16)14-6-5-13(25)9-15(14)20(23-18)11-1-3-12(24)4-2-11/h1-4,7-8,10,13,21,24-25H,5-6,9,22H2. The molecule has 1 atom stereocenters. The van der Waals surface area contributed by atoms with Crippen molar-refractivity contribution in [1.29, 1.82) is 5.41 Å². The third-order valence-electron chi connectivity index (χ3n) is 4.89. The number of aliphatic hydroxyl groups excluding tert-OH is 1. The highest BCUT2D eigenvalue weighted by Crippen LogP contribution is 2.37. The Balaban J connectivity index is 2.08. The van der Waals surface area contributed by atoms with Crippen LogP contribution in [-0.2, 0) is 12.8 Å². The summed E-state index contributed by atoms with van der Waals surface area (Å²) in [6.45, 7) is 0. The minimum Gasteiger partial charge on any atom is -0.508 e. The molecule has 1 aliphatic carbocycles. The second kappa shape index (κ2) is 5.86. The summed E-state index contributed by atoms with van der Waals surface area (Å²) in [6.07, 6.45) is 2.83. The lowest BCUT2D eigenvalue weighted by Gasteiger charge is -2.25. The summed E-state index contributed by atoms with van der Waals surface area (Å²) < 4.78 is 0. The van der Waals surface area contributed by atoms with E-state index >= 15 is 0 Å². The molecule has 1 aliphatic rings. The van der Waals surface area contributed by atoms with Gasteiger partial charge in [0.2, 0.25) is 0 Å². The zero-order chi connectivity index (χ0) is 17.6. The van der Waals surface area contributed by atoms with Crippen molar-refractivity contribution in [2.75, 3.05) is 5.73 Å². The van der Waals surface area contributed by atoms with E-state index in [1.54, 1.807) is 18.2 Å². The van der Waals surface area contributed by atoms with Crippen molar-refractivity contribution in [3.05, 3.63) is 53.1 Å². The van der Waals surface area contributed by atoms with Crippen LogP contribution in [0.5, 0.6) is 5.75 Å². The second-order valence-corrected chi connectivity index (χ2v) is 6.47. The maximum absolute atomic E-state index is 10.2. The van der Waals surface area contributed by atoms with Crippen LogP contribution in [0.3, 0.4) is 0 Å². The van der Waals surface area contributed by atoms with Crippen LogP contribution in [0, 0.1) is 5.41 Å². The maximum Gasteiger partial charge on any atom is 0.115 e. The van der Waals surface area contributed by atoms with Crippen LogP contribution < -0.4 is 5.73 Å². The number of hydrogen-bond donors (Lipinski definition) is 4. The number of nitrogen functional groups attached to an aromatic ring is 1. The smallest absolute Gasteiger partial charge is 0.115 e. The van der Waals surface area contributed by atoms with Crippen LogP contribution in [0.4, 0.5) is 5.69 Å². The van der Waals surface area contributed by atoms with Crippen molar-refractivity contribution in [1.82, 2.24) is 4.98 Å². The summed E-state index contributed by atoms with van der Waals surface area (Å²) in [5.74, 6) is 0.206. The summed E-state index contributed by atoms with van der Waals surface area (Å²) in [5, 5.41) is 28.4. The van der Waals surface area contributed by atoms with E-state index in [4.69, 9.17) is 16.1 Å². The first-order valence-electron chi connectivity index (χ1n) is 8.30. The molecular weight excluding hydrogens is 314 g/mol. The number of phenolic OH excluding ortho intramolecular Hbond substituents is 1. The SMILES string of the molecule is N=Cc1c(N)ccc2nc(-c3ccc(O)cc3)c3c(c12)CCC(O)C3. The van der Waals surface area contributed by atoms with Gasteiger partial charge in [-0.25, -0.2) is 4.98 Å². The number of nitrogens with zero attached hydrogens (tertiary/aromatic N) is 1. The summed E-state index contributed by atoms with van der Waals surface area (Å²) in [5.41, 5.74) is 12.0. The Kier molecular flexibility index (Phi) is 3.66. The van der Waals surface area contributed by atoms with Crippen LogP contribution in [0.2, 0.25) is 0 Å². The predicted octanol–water partition coefficient (Wildman–Crippen LogP) is 3.04. The van der Waals surface area contributed by atoms with Gasteiger partial charge in [-0.2, -0.15) is 0 Å². The molecule has 0 amide bonds. The van der Waals surface area contributed by atoms with E-state index < -0.39 is 6.10 Å². The quantitative estimate of drug-likeness (QED) is 0.427. The van der Waals surface area contributed by atoms with Crippen molar-refractivity contribution in [2.45, 2.75) is 25.4 Å². The fraction of sp³-hybridized carbons (Fsp3) is 0.200. The molecule has 5 N–H and O–H groups in total. The minimum absolute atomic E-state index is 0.206. The van der Waals surface area contributed by atoms with Crippen molar-refractivity contribution in [2.24, 2.45) is 0 Å². The van der Waals surface area contributed by atoms with Gasteiger partial charge in [0.25, 0.3) is 0 Å². The minimum atomic E-state index is -0.396. The number of aromatic nitrogens is 1. The molecule has 0 aliphatic heterocycles. The van der Waals surface area contributed by atoms with Gasteiger partial charge in [0.1, 0.15) is 5.75 Å². The highest BCUT2D eigenvalue weighted by atomic mass is 16.3. The molecule has 0 fully saturated rings. The number of aliphatic hydroxyl groups is 1. The van der Waals surface area contributed by atoms with Gasteiger partial charge in [-0.1, -0.05) is 0 Å². The summed E-state index contributed by atoms with van der Waals surface area (Å²) in [4.78, 5) is 4.82. The van der Waals surface area contributed by atoms with Gasteiger partial charge in [-0.05, 0) is 60.4 Å². The predicted molar refractivity (Wildman–Crippen MR) is 99.2 cm³/mol. The molecule has 1 heterocycles. The molecule has 3 aromatic rings. The lowest BCUT2D eigenvalue weighted by atomic mass is 9.83. The van der Waals surface area contributed by atoms with Crippen LogP contribution in [-0.4, -0.2) is 27.5 Å². The third kappa shape index (κ3) is 2.53. The fourth-order valence-corrected chi connectivity index (χ4v) is 3.67. The average molecular weight is 333 g/mol. The second-order valence-electron chi connectivity index (χ2n) is 6.47. The lowest BCUT2D eigenvalue weighted by Crippen LogP contribution is -2.21. The van der Waals surface area contributed by atoms with Gasteiger partial charge in [-0.15, -0.1) is 0 Å². The molecule has 5 nitrogen and oxygen atoms in total. The molecule has 25 heavy (non-hydrogen) atoms. The molecule has 0 spiro atoms. The Morgan fingerprint density at radius 2 is 1.88 bits per heavy atom. The first-order valence-corrected chi connectivity index (χ1v) is 8.30. The highest BCUT2D eigenvalue weighted by molar-refractivity contribution is 6.05. The first-order chi connectivity index (χ1) is 12.1. The van der Waals surface area contributed by atoms with E-state index in [0.29, 0.717) is 24.1 Å². The molecule has 0 bridgehead atoms. The number of phenols is 1. The molecule has 0 saturated carbocycles. The number of aromatic hydroxyl groups is 1. The Morgan fingerprint density at radius 3 is 2.60 bits per heavy atom. The number of anilines is 1. The number of pyridine rings is 1. The first kappa shape index (κ1) is 15.6. The van der Waals surface area contributed by atoms with Crippen LogP contribution in [0.15, 0.2) is 36.4 Å². The Bertz CT molecular complexity index is 981. The highest BCUT2D eigenvalue weighted by Gasteiger charge is 2.25.